The first kappa shape index (κ1) is 17.3. The molecule has 8 heteroatoms. The molecule has 3 rings (SSSR count). The first-order valence-corrected chi connectivity index (χ1v) is 8.08. The van der Waals surface area contributed by atoms with Gasteiger partial charge >= 0.3 is 5.97 Å². The number of ether oxygens (including phenoxy) is 1. The van der Waals surface area contributed by atoms with E-state index < -0.39 is 18.5 Å². The SMILES string of the molecule is O=C(COC(=O)Cn1cnc2ccccc21)Nc1cc(Cl)cc(Cl)c1. The van der Waals surface area contributed by atoms with Gasteiger partial charge in [0.2, 0.25) is 0 Å². The van der Waals surface area contributed by atoms with E-state index in [1.165, 1.54) is 0 Å². The summed E-state index contributed by atoms with van der Waals surface area (Å²) in [6.45, 7) is -0.438. The minimum absolute atomic E-state index is 0.0310. The maximum atomic E-state index is 11.9. The van der Waals surface area contributed by atoms with E-state index >= 15 is 0 Å². The number of carbonyl (C=O) groups excluding carboxylic acids is 2. The van der Waals surface area contributed by atoms with Gasteiger partial charge in [0, 0.05) is 15.7 Å². The summed E-state index contributed by atoms with van der Waals surface area (Å²) in [4.78, 5) is 28.0. The van der Waals surface area contributed by atoms with Crippen molar-refractivity contribution in [3.63, 3.8) is 0 Å². The molecule has 6 nitrogen and oxygen atoms in total. The number of nitrogens with zero attached hydrogens (tertiary/aromatic N) is 2. The molecular weight excluding hydrogens is 365 g/mol. The first-order valence-electron chi connectivity index (χ1n) is 7.33. The second-order valence-electron chi connectivity index (χ2n) is 5.23. The summed E-state index contributed by atoms with van der Waals surface area (Å²) in [5, 5.41) is 3.35. The van der Waals surface area contributed by atoms with E-state index in [4.69, 9.17) is 27.9 Å². The predicted octanol–water partition coefficient (Wildman–Crippen LogP) is 3.53. The van der Waals surface area contributed by atoms with E-state index in [9.17, 15) is 9.59 Å². The largest absolute Gasteiger partial charge is 0.454 e. The van der Waals surface area contributed by atoms with E-state index in [1.54, 1.807) is 29.1 Å². The number of para-hydroxylation sites is 2. The van der Waals surface area contributed by atoms with Crippen LogP contribution in [0.1, 0.15) is 0 Å². The minimum atomic E-state index is -0.539. The van der Waals surface area contributed by atoms with Crippen LogP contribution >= 0.6 is 23.2 Å². The van der Waals surface area contributed by atoms with Gasteiger partial charge in [-0.05, 0) is 30.3 Å². The summed E-state index contributed by atoms with van der Waals surface area (Å²) in [7, 11) is 0. The van der Waals surface area contributed by atoms with Gasteiger partial charge in [0.15, 0.2) is 6.61 Å². The smallest absolute Gasteiger partial charge is 0.326 e. The van der Waals surface area contributed by atoms with Crippen molar-refractivity contribution in [3.05, 3.63) is 58.8 Å². The van der Waals surface area contributed by atoms with Crippen molar-refractivity contribution >= 4 is 51.8 Å². The zero-order valence-electron chi connectivity index (χ0n) is 12.9. The number of esters is 1. The molecule has 1 heterocycles. The van der Waals surface area contributed by atoms with Crippen LogP contribution in [-0.2, 0) is 20.9 Å². The van der Waals surface area contributed by atoms with Crippen LogP contribution in [0, 0.1) is 0 Å². The molecule has 0 aliphatic carbocycles. The number of rotatable bonds is 5. The molecule has 0 bridgehead atoms. The highest BCUT2D eigenvalue weighted by molar-refractivity contribution is 6.35. The summed E-state index contributed by atoms with van der Waals surface area (Å²) in [6, 6.07) is 12.1. The summed E-state index contributed by atoms with van der Waals surface area (Å²) in [6.07, 6.45) is 1.56. The lowest BCUT2D eigenvalue weighted by Gasteiger charge is -2.08. The number of anilines is 1. The molecule has 0 unspecified atom stereocenters. The molecule has 2 aromatic carbocycles. The van der Waals surface area contributed by atoms with Crippen molar-refractivity contribution in [2.24, 2.45) is 0 Å². The number of benzene rings is 2. The lowest BCUT2D eigenvalue weighted by atomic mass is 10.3. The molecule has 0 radical (unpaired) electrons. The van der Waals surface area contributed by atoms with Crippen molar-refractivity contribution in [1.29, 1.82) is 0 Å². The van der Waals surface area contributed by atoms with Gasteiger partial charge in [-0.3, -0.25) is 9.59 Å². The fourth-order valence-electron chi connectivity index (χ4n) is 2.29. The van der Waals surface area contributed by atoms with Crippen LogP contribution in [-0.4, -0.2) is 28.0 Å². The predicted molar refractivity (Wildman–Crippen MR) is 95.8 cm³/mol. The topological polar surface area (TPSA) is 73.2 Å². The number of aromatic nitrogens is 2. The Balaban J connectivity index is 1.54. The Morgan fingerprint density at radius 1 is 1.12 bits per heavy atom. The van der Waals surface area contributed by atoms with Crippen molar-refractivity contribution in [2.75, 3.05) is 11.9 Å². The van der Waals surface area contributed by atoms with Crippen LogP contribution in [0.15, 0.2) is 48.8 Å². The van der Waals surface area contributed by atoms with Gasteiger partial charge in [0.1, 0.15) is 6.54 Å². The molecule has 0 fully saturated rings. The Hall–Kier alpha value is -2.57. The molecule has 3 aromatic rings. The number of halogens is 2. The van der Waals surface area contributed by atoms with Crippen LogP contribution in [0.5, 0.6) is 0 Å². The number of nitrogens with one attached hydrogen (secondary N) is 1. The average molecular weight is 378 g/mol. The molecule has 1 N–H and O–H groups in total. The van der Waals surface area contributed by atoms with E-state index in [-0.39, 0.29) is 6.54 Å². The van der Waals surface area contributed by atoms with Crippen molar-refractivity contribution < 1.29 is 14.3 Å². The number of amides is 1. The third-order valence-corrected chi connectivity index (χ3v) is 3.77. The second kappa shape index (κ2) is 7.55. The Morgan fingerprint density at radius 2 is 1.84 bits per heavy atom. The fraction of sp³-hybridized carbons (Fsp3) is 0.118. The van der Waals surface area contributed by atoms with E-state index in [0.717, 1.165) is 11.0 Å². The third-order valence-electron chi connectivity index (χ3n) is 3.34. The third kappa shape index (κ3) is 4.49. The highest BCUT2D eigenvalue weighted by atomic mass is 35.5. The highest BCUT2D eigenvalue weighted by Crippen LogP contribution is 2.22. The molecule has 0 aliphatic rings. The molecule has 128 valence electrons. The van der Waals surface area contributed by atoms with Gasteiger partial charge in [-0.1, -0.05) is 35.3 Å². The van der Waals surface area contributed by atoms with Gasteiger partial charge in [0.25, 0.3) is 5.91 Å². The molecule has 25 heavy (non-hydrogen) atoms. The molecule has 0 saturated heterocycles. The van der Waals surface area contributed by atoms with Gasteiger partial charge in [-0.2, -0.15) is 0 Å². The second-order valence-corrected chi connectivity index (χ2v) is 6.10. The fourth-order valence-corrected chi connectivity index (χ4v) is 2.82. The number of imidazole rings is 1. The summed E-state index contributed by atoms with van der Waals surface area (Å²) in [5.41, 5.74) is 2.03. The molecule has 0 saturated carbocycles. The zero-order valence-corrected chi connectivity index (χ0v) is 14.4. The van der Waals surface area contributed by atoms with Crippen LogP contribution < -0.4 is 5.32 Å². The number of hydrogen-bond acceptors (Lipinski definition) is 4. The molecular formula is C17H13Cl2N3O3. The summed E-state index contributed by atoms with van der Waals surface area (Å²) >= 11 is 11.7. The van der Waals surface area contributed by atoms with Gasteiger partial charge in [-0.25, -0.2) is 4.98 Å². The number of carbonyl (C=O) groups is 2. The van der Waals surface area contributed by atoms with Crippen LogP contribution in [0.25, 0.3) is 11.0 Å². The molecule has 0 atom stereocenters. The van der Waals surface area contributed by atoms with Crippen molar-refractivity contribution in [1.82, 2.24) is 9.55 Å². The Bertz CT molecular complexity index is 920. The standard InChI is InChI=1S/C17H13Cl2N3O3/c18-11-5-12(19)7-13(6-11)21-16(23)9-25-17(24)8-22-10-20-14-3-1-2-4-15(14)22/h1-7,10H,8-9H2,(H,21,23). The van der Waals surface area contributed by atoms with Crippen LogP contribution in [0.3, 0.4) is 0 Å². The zero-order chi connectivity index (χ0) is 17.8. The maximum Gasteiger partial charge on any atom is 0.326 e. The summed E-state index contributed by atoms with van der Waals surface area (Å²) < 4.78 is 6.65. The average Bonchev–Trinajstić information content (AvgIpc) is 2.95. The van der Waals surface area contributed by atoms with Crippen molar-refractivity contribution in [3.8, 4) is 0 Å². The number of fused-ring (bicyclic) bond motifs is 1. The van der Waals surface area contributed by atoms with Gasteiger partial charge < -0.3 is 14.6 Å². The molecule has 0 spiro atoms. The normalized spacial score (nSPS) is 10.6. The molecule has 0 aliphatic heterocycles. The van der Waals surface area contributed by atoms with Crippen molar-refractivity contribution in [2.45, 2.75) is 6.54 Å². The lowest BCUT2D eigenvalue weighted by molar-refractivity contribution is -0.147. The summed E-state index contributed by atoms with van der Waals surface area (Å²) in [5.74, 6) is -1.02. The Labute approximate surface area is 153 Å². The Kier molecular flexibility index (Phi) is 5.21. The monoisotopic (exact) mass is 377 g/mol. The number of hydrogen-bond donors (Lipinski definition) is 1. The molecule has 1 amide bonds. The van der Waals surface area contributed by atoms with Crippen LogP contribution in [0.4, 0.5) is 5.69 Å². The maximum absolute atomic E-state index is 11.9. The lowest BCUT2D eigenvalue weighted by Crippen LogP contribution is -2.22. The minimum Gasteiger partial charge on any atom is -0.454 e. The van der Waals surface area contributed by atoms with Crippen LogP contribution in [0.2, 0.25) is 10.0 Å². The van der Waals surface area contributed by atoms with E-state index in [2.05, 4.69) is 10.3 Å². The van der Waals surface area contributed by atoms with E-state index in [0.29, 0.717) is 15.7 Å². The highest BCUT2D eigenvalue weighted by Gasteiger charge is 2.11. The molecule has 1 aromatic heterocycles. The van der Waals surface area contributed by atoms with Gasteiger partial charge in [0.05, 0.1) is 17.4 Å². The first-order chi connectivity index (χ1) is 12.0. The Morgan fingerprint density at radius 3 is 2.60 bits per heavy atom. The quantitative estimate of drug-likeness (QED) is 0.690. The van der Waals surface area contributed by atoms with E-state index in [1.807, 2.05) is 24.3 Å². The van der Waals surface area contributed by atoms with Gasteiger partial charge in [-0.15, -0.1) is 0 Å².